The molecule has 3 aromatic rings. The largest absolute Gasteiger partial charge is 0.496 e. The highest BCUT2D eigenvalue weighted by Crippen LogP contribution is 2.22. The van der Waals surface area contributed by atoms with Gasteiger partial charge in [0.05, 0.1) is 26.2 Å². The number of methoxy groups -OCH3 is 2. The minimum atomic E-state index is -0.538. The van der Waals surface area contributed by atoms with Crippen LogP contribution in [-0.2, 0) is 16.0 Å². The van der Waals surface area contributed by atoms with E-state index in [9.17, 15) is 9.59 Å². The summed E-state index contributed by atoms with van der Waals surface area (Å²) < 4.78 is 9.96. The lowest BCUT2D eigenvalue weighted by molar-refractivity contribution is -0.115. The van der Waals surface area contributed by atoms with Gasteiger partial charge in [-0.15, -0.1) is 0 Å². The monoisotopic (exact) mass is 339 g/mol. The van der Waals surface area contributed by atoms with E-state index in [0.717, 1.165) is 5.56 Å². The second-order valence-electron chi connectivity index (χ2n) is 5.36. The SMILES string of the molecule is COC(=O)c1n[nH]c2ccc(NC(=O)Cc3ccccc3OC)cc12. The average Bonchev–Trinajstić information content (AvgIpc) is 3.04. The number of carbonyl (C=O) groups is 2. The van der Waals surface area contributed by atoms with Crippen molar-refractivity contribution in [3.8, 4) is 5.75 Å². The summed E-state index contributed by atoms with van der Waals surface area (Å²) in [6.45, 7) is 0. The molecular formula is C18H17N3O4. The zero-order valence-electron chi connectivity index (χ0n) is 13.8. The standard InChI is InChI=1S/C18H17N3O4/c1-24-15-6-4-3-5-11(15)9-16(22)19-12-7-8-14-13(10-12)17(21-20-14)18(23)25-2/h3-8,10H,9H2,1-2H3,(H,19,22)(H,20,21). The fraction of sp³-hybridized carbons (Fsp3) is 0.167. The fourth-order valence-electron chi connectivity index (χ4n) is 2.57. The van der Waals surface area contributed by atoms with Crippen LogP contribution >= 0.6 is 0 Å². The molecule has 0 saturated carbocycles. The van der Waals surface area contributed by atoms with Gasteiger partial charge >= 0.3 is 5.97 Å². The highest BCUT2D eigenvalue weighted by Gasteiger charge is 2.15. The molecule has 128 valence electrons. The molecule has 7 nitrogen and oxygen atoms in total. The van der Waals surface area contributed by atoms with Gasteiger partial charge in [-0.05, 0) is 24.3 Å². The van der Waals surface area contributed by atoms with Crippen LogP contribution in [0.15, 0.2) is 42.5 Å². The Balaban J connectivity index is 1.80. The number of fused-ring (bicyclic) bond motifs is 1. The highest BCUT2D eigenvalue weighted by molar-refractivity contribution is 6.04. The lowest BCUT2D eigenvalue weighted by atomic mass is 10.1. The van der Waals surface area contributed by atoms with Gasteiger partial charge in [-0.25, -0.2) is 4.79 Å². The number of ether oxygens (including phenoxy) is 2. The van der Waals surface area contributed by atoms with Crippen molar-refractivity contribution in [2.75, 3.05) is 19.5 Å². The Bertz CT molecular complexity index is 933. The second-order valence-corrected chi connectivity index (χ2v) is 5.36. The third kappa shape index (κ3) is 3.45. The molecule has 0 aliphatic carbocycles. The smallest absolute Gasteiger partial charge is 0.359 e. The second kappa shape index (κ2) is 7.04. The van der Waals surface area contributed by atoms with Crippen LogP contribution in [0.4, 0.5) is 5.69 Å². The predicted octanol–water partition coefficient (Wildman–Crippen LogP) is 2.54. The number of hydrogen-bond acceptors (Lipinski definition) is 5. The van der Waals surface area contributed by atoms with Crippen molar-refractivity contribution in [3.63, 3.8) is 0 Å². The third-order valence-corrected chi connectivity index (χ3v) is 3.77. The van der Waals surface area contributed by atoms with Gasteiger partial charge in [0.1, 0.15) is 5.75 Å². The average molecular weight is 339 g/mol. The first-order chi connectivity index (χ1) is 12.1. The third-order valence-electron chi connectivity index (χ3n) is 3.77. The summed E-state index contributed by atoms with van der Waals surface area (Å²) in [6, 6.07) is 12.5. The van der Waals surface area contributed by atoms with E-state index in [-0.39, 0.29) is 18.0 Å². The number of para-hydroxylation sites is 1. The van der Waals surface area contributed by atoms with Crippen molar-refractivity contribution in [2.24, 2.45) is 0 Å². The lowest BCUT2D eigenvalue weighted by Crippen LogP contribution is -2.14. The number of nitrogens with zero attached hydrogens (tertiary/aromatic N) is 1. The molecule has 0 saturated heterocycles. The molecule has 3 rings (SSSR count). The van der Waals surface area contributed by atoms with E-state index < -0.39 is 5.97 Å². The van der Waals surface area contributed by atoms with Gasteiger partial charge in [0.25, 0.3) is 0 Å². The highest BCUT2D eigenvalue weighted by atomic mass is 16.5. The molecule has 0 bridgehead atoms. The first-order valence-electron chi connectivity index (χ1n) is 7.60. The molecule has 0 spiro atoms. The molecular weight excluding hydrogens is 322 g/mol. The van der Waals surface area contributed by atoms with E-state index in [4.69, 9.17) is 9.47 Å². The number of benzene rings is 2. The van der Waals surface area contributed by atoms with Crippen molar-refractivity contribution < 1.29 is 19.1 Å². The van der Waals surface area contributed by atoms with E-state index in [1.54, 1.807) is 25.3 Å². The molecule has 0 unspecified atom stereocenters. The summed E-state index contributed by atoms with van der Waals surface area (Å²) in [5.74, 6) is -0.0633. The van der Waals surface area contributed by atoms with Crippen LogP contribution in [0.2, 0.25) is 0 Å². The topological polar surface area (TPSA) is 93.3 Å². The van der Waals surface area contributed by atoms with Crippen LogP contribution < -0.4 is 10.1 Å². The number of aromatic amines is 1. The minimum absolute atomic E-state index is 0.178. The molecule has 1 aromatic heterocycles. The number of H-pyrrole nitrogens is 1. The van der Waals surface area contributed by atoms with Gasteiger partial charge in [0, 0.05) is 16.6 Å². The Morgan fingerprint density at radius 2 is 1.96 bits per heavy atom. The van der Waals surface area contributed by atoms with Crippen LogP contribution in [0.3, 0.4) is 0 Å². The summed E-state index contributed by atoms with van der Waals surface area (Å²) in [5.41, 5.74) is 2.22. The van der Waals surface area contributed by atoms with E-state index >= 15 is 0 Å². The number of anilines is 1. The van der Waals surface area contributed by atoms with Gasteiger partial charge < -0.3 is 14.8 Å². The quantitative estimate of drug-likeness (QED) is 0.697. The summed E-state index contributed by atoms with van der Waals surface area (Å²) in [7, 11) is 2.86. The molecule has 0 atom stereocenters. The van der Waals surface area contributed by atoms with Crippen molar-refractivity contribution >= 4 is 28.5 Å². The lowest BCUT2D eigenvalue weighted by Gasteiger charge is -2.09. The summed E-state index contributed by atoms with van der Waals surface area (Å²) >= 11 is 0. The molecule has 2 aromatic carbocycles. The number of nitrogens with one attached hydrogen (secondary N) is 2. The van der Waals surface area contributed by atoms with Gasteiger partial charge in [0.2, 0.25) is 5.91 Å². The summed E-state index contributed by atoms with van der Waals surface area (Å²) in [5, 5.41) is 10.1. The molecule has 0 radical (unpaired) electrons. The molecule has 0 aliphatic heterocycles. The van der Waals surface area contributed by atoms with Crippen molar-refractivity contribution in [2.45, 2.75) is 6.42 Å². The maximum absolute atomic E-state index is 12.3. The number of esters is 1. The van der Waals surface area contributed by atoms with Gasteiger partial charge in [-0.1, -0.05) is 18.2 Å². The van der Waals surface area contributed by atoms with Crippen molar-refractivity contribution in [1.82, 2.24) is 10.2 Å². The number of aromatic nitrogens is 2. The molecule has 7 heteroatoms. The Morgan fingerprint density at radius 1 is 1.16 bits per heavy atom. The van der Waals surface area contributed by atoms with E-state index in [1.807, 2.05) is 24.3 Å². The van der Waals surface area contributed by atoms with E-state index in [1.165, 1.54) is 7.11 Å². The van der Waals surface area contributed by atoms with Crippen molar-refractivity contribution in [3.05, 3.63) is 53.7 Å². The fourth-order valence-corrected chi connectivity index (χ4v) is 2.57. The molecule has 0 fully saturated rings. The number of rotatable bonds is 5. The Hall–Kier alpha value is -3.35. The van der Waals surface area contributed by atoms with Gasteiger partial charge in [-0.3, -0.25) is 9.89 Å². The molecule has 25 heavy (non-hydrogen) atoms. The van der Waals surface area contributed by atoms with Gasteiger partial charge in [0.15, 0.2) is 5.69 Å². The Labute approximate surface area is 143 Å². The Morgan fingerprint density at radius 3 is 2.72 bits per heavy atom. The minimum Gasteiger partial charge on any atom is -0.496 e. The van der Waals surface area contributed by atoms with Crippen LogP contribution in [0, 0.1) is 0 Å². The van der Waals surface area contributed by atoms with Crippen LogP contribution in [0.5, 0.6) is 5.75 Å². The van der Waals surface area contributed by atoms with Crippen molar-refractivity contribution in [1.29, 1.82) is 0 Å². The maximum atomic E-state index is 12.3. The molecule has 1 amide bonds. The summed E-state index contributed by atoms with van der Waals surface area (Å²) in [6.07, 6.45) is 0.178. The zero-order valence-corrected chi connectivity index (χ0v) is 13.8. The van der Waals surface area contributed by atoms with E-state index in [2.05, 4.69) is 15.5 Å². The Kier molecular flexibility index (Phi) is 4.65. The summed E-state index contributed by atoms with van der Waals surface area (Å²) in [4.78, 5) is 24.0. The number of amides is 1. The zero-order chi connectivity index (χ0) is 17.8. The number of hydrogen-bond donors (Lipinski definition) is 2. The van der Waals surface area contributed by atoms with E-state index in [0.29, 0.717) is 22.3 Å². The molecule has 0 aliphatic rings. The van der Waals surface area contributed by atoms with Gasteiger partial charge in [-0.2, -0.15) is 5.10 Å². The maximum Gasteiger partial charge on any atom is 0.359 e. The normalized spacial score (nSPS) is 10.5. The first-order valence-corrected chi connectivity index (χ1v) is 7.60. The first kappa shape index (κ1) is 16.5. The van der Waals surface area contributed by atoms with Crippen LogP contribution in [0.1, 0.15) is 16.1 Å². The van der Waals surface area contributed by atoms with Crippen LogP contribution in [0.25, 0.3) is 10.9 Å². The predicted molar refractivity (Wildman–Crippen MR) is 92.8 cm³/mol. The van der Waals surface area contributed by atoms with Crippen LogP contribution in [-0.4, -0.2) is 36.3 Å². The number of carbonyl (C=O) groups excluding carboxylic acids is 2. The molecule has 2 N–H and O–H groups in total. The molecule has 1 heterocycles.